The molecule has 1 aliphatic rings. The lowest BCUT2D eigenvalue weighted by molar-refractivity contribution is -0.143. The largest absolute Gasteiger partial charge is 0.497 e. The number of hydrogen-bond acceptors (Lipinski definition) is 2. The van der Waals surface area contributed by atoms with Crippen molar-refractivity contribution in [2.45, 2.75) is 25.7 Å². The van der Waals surface area contributed by atoms with Gasteiger partial charge in [-0.1, -0.05) is 24.3 Å². The Morgan fingerprint density at radius 1 is 1.42 bits per heavy atom. The Balaban J connectivity index is 2.09. The first-order chi connectivity index (χ1) is 9.20. The maximum absolute atomic E-state index is 11.5. The molecule has 1 aromatic rings. The van der Waals surface area contributed by atoms with Gasteiger partial charge in [0.15, 0.2) is 0 Å². The number of hydrogen-bond donors (Lipinski definition) is 1. The van der Waals surface area contributed by atoms with Crippen LogP contribution in [0.5, 0.6) is 5.75 Å². The van der Waals surface area contributed by atoms with Crippen LogP contribution in [-0.2, 0) is 11.2 Å². The zero-order valence-corrected chi connectivity index (χ0v) is 11.2. The summed E-state index contributed by atoms with van der Waals surface area (Å²) in [5.74, 6) is -0.0705. The molecular formula is C16H20O3. The smallest absolute Gasteiger partial charge is 0.307 e. The molecule has 19 heavy (non-hydrogen) atoms. The molecule has 2 unspecified atom stereocenters. The van der Waals surface area contributed by atoms with Crippen molar-refractivity contribution in [1.82, 2.24) is 0 Å². The van der Waals surface area contributed by atoms with Gasteiger partial charge in [0.25, 0.3) is 0 Å². The summed E-state index contributed by atoms with van der Waals surface area (Å²) in [6.45, 7) is 0. The van der Waals surface area contributed by atoms with Crippen LogP contribution in [0.3, 0.4) is 0 Å². The number of methoxy groups -OCH3 is 1. The van der Waals surface area contributed by atoms with Crippen LogP contribution in [0.15, 0.2) is 36.4 Å². The fraction of sp³-hybridized carbons (Fsp3) is 0.438. The van der Waals surface area contributed by atoms with Crippen molar-refractivity contribution in [2.75, 3.05) is 7.11 Å². The van der Waals surface area contributed by atoms with Gasteiger partial charge in [-0.05, 0) is 49.3 Å². The number of allylic oxidation sites excluding steroid dienone is 2. The molecule has 0 saturated carbocycles. The molecule has 0 amide bonds. The van der Waals surface area contributed by atoms with Crippen molar-refractivity contribution in [1.29, 1.82) is 0 Å². The maximum atomic E-state index is 11.5. The molecular weight excluding hydrogens is 240 g/mol. The van der Waals surface area contributed by atoms with Gasteiger partial charge in [0.05, 0.1) is 13.0 Å². The molecule has 1 aliphatic carbocycles. The lowest BCUT2D eigenvalue weighted by Gasteiger charge is -2.23. The third kappa shape index (κ3) is 3.60. The Kier molecular flexibility index (Phi) is 4.61. The molecule has 0 radical (unpaired) electrons. The summed E-state index contributed by atoms with van der Waals surface area (Å²) in [5, 5.41) is 9.43. The molecule has 3 nitrogen and oxygen atoms in total. The van der Waals surface area contributed by atoms with Gasteiger partial charge in [0.2, 0.25) is 0 Å². The summed E-state index contributed by atoms with van der Waals surface area (Å²) < 4.78 is 5.11. The normalized spacial score (nSPS) is 19.9. The highest BCUT2D eigenvalue weighted by Crippen LogP contribution is 2.28. The van der Waals surface area contributed by atoms with Crippen LogP contribution in [0.25, 0.3) is 0 Å². The van der Waals surface area contributed by atoms with Crippen LogP contribution in [0.4, 0.5) is 0 Å². The van der Waals surface area contributed by atoms with Crippen molar-refractivity contribution >= 4 is 5.97 Å². The van der Waals surface area contributed by atoms with E-state index in [2.05, 4.69) is 12.2 Å². The molecule has 2 atom stereocenters. The highest BCUT2D eigenvalue weighted by Gasteiger charge is 2.27. The van der Waals surface area contributed by atoms with Crippen LogP contribution in [0.2, 0.25) is 0 Å². The van der Waals surface area contributed by atoms with Crippen LogP contribution in [-0.4, -0.2) is 18.2 Å². The number of carboxylic acids is 1. The second-order valence-corrected chi connectivity index (χ2v) is 5.02. The van der Waals surface area contributed by atoms with Gasteiger partial charge in [0, 0.05) is 0 Å². The lowest BCUT2D eigenvalue weighted by atomic mass is 9.81. The highest BCUT2D eigenvalue weighted by molar-refractivity contribution is 5.71. The van der Waals surface area contributed by atoms with Gasteiger partial charge in [-0.2, -0.15) is 0 Å². The average molecular weight is 260 g/mol. The topological polar surface area (TPSA) is 46.5 Å². The number of carboxylic acid groups (broad SMARTS) is 1. The SMILES string of the molecule is COc1ccc(CC(C(=O)O)C2C=CCCC2)cc1. The zero-order valence-electron chi connectivity index (χ0n) is 11.2. The van der Waals surface area contributed by atoms with E-state index in [0.717, 1.165) is 30.6 Å². The van der Waals surface area contributed by atoms with Crippen LogP contribution < -0.4 is 4.74 Å². The number of ether oxygens (including phenoxy) is 1. The number of carbonyl (C=O) groups is 1. The minimum Gasteiger partial charge on any atom is -0.497 e. The molecule has 1 N–H and O–H groups in total. The Bertz CT molecular complexity index is 448. The molecule has 0 saturated heterocycles. The van der Waals surface area contributed by atoms with Gasteiger partial charge < -0.3 is 9.84 Å². The molecule has 2 rings (SSSR count). The molecule has 0 heterocycles. The number of benzene rings is 1. The molecule has 1 aromatic carbocycles. The molecule has 3 heteroatoms. The van der Waals surface area contributed by atoms with E-state index in [0.29, 0.717) is 6.42 Å². The molecule has 0 fully saturated rings. The van der Waals surface area contributed by atoms with E-state index in [1.54, 1.807) is 7.11 Å². The summed E-state index contributed by atoms with van der Waals surface area (Å²) in [5.41, 5.74) is 1.05. The average Bonchev–Trinajstić information content (AvgIpc) is 2.46. The third-order valence-corrected chi connectivity index (χ3v) is 3.74. The van der Waals surface area contributed by atoms with E-state index >= 15 is 0 Å². The van der Waals surface area contributed by atoms with Crippen LogP contribution in [0, 0.1) is 11.8 Å². The van der Waals surface area contributed by atoms with E-state index in [4.69, 9.17) is 4.74 Å². The summed E-state index contributed by atoms with van der Waals surface area (Å²) in [6.07, 6.45) is 7.90. The quantitative estimate of drug-likeness (QED) is 0.826. The fourth-order valence-corrected chi connectivity index (χ4v) is 2.61. The lowest BCUT2D eigenvalue weighted by Crippen LogP contribution is -2.25. The summed E-state index contributed by atoms with van der Waals surface area (Å²) in [7, 11) is 1.63. The second kappa shape index (κ2) is 6.41. The zero-order chi connectivity index (χ0) is 13.7. The predicted molar refractivity (Wildman–Crippen MR) is 74.3 cm³/mol. The predicted octanol–water partition coefficient (Wildman–Crippen LogP) is 3.29. The van der Waals surface area contributed by atoms with Gasteiger partial charge >= 0.3 is 5.97 Å². The Hall–Kier alpha value is -1.77. The Morgan fingerprint density at radius 2 is 2.16 bits per heavy atom. The van der Waals surface area contributed by atoms with Gasteiger partial charge in [-0.3, -0.25) is 4.79 Å². The van der Waals surface area contributed by atoms with E-state index in [1.165, 1.54) is 0 Å². The van der Waals surface area contributed by atoms with E-state index in [-0.39, 0.29) is 11.8 Å². The first-order valence-electron chi connectivity index (χ1n) is 6.73. The fourth-order valence-electron chi connectivity index (χ4n) is 2.61. The van der Waals surface area contributed by atoms with E-state index in [9.17, 15) is 9.90 Å². The van der Waals surface area contributed by atoms with Crippen LogP contribution in [0.1, 0.15) is 24.8 Å². The molecule has 0 bridgehead atoms. The van der Waals surface area contributed by atoms with Crippen molar-refractivity contribution in [3.8, 4) is 5.75 Å². The van der Waals surface area contributed by atoms with Crippen molar-refractivity contribution < 1.29 is 14.6 Å². The van der Waals surface area contributed by atoms with Crippen molar-refractivity contribution in [3.05, 3.63) is 42.0 Å². The van der Waals surface area contributed by atoms with Crippen molar-refractivity contribution in [3.63, 3.8) is 0 Å². The Labute approximate surface area is 113 Å². The molecule has 0 aromatic heterocycles. The summed E-state index contributed by atoms with van der Waals surface area (Å²) in [4.78, 5) is 11.5. The Morgan fingerprint density at radius 3 is 2.68 bits per heavy atom. The van der Waals surface area contributed by atoms with Gasteiger partial charge in [0.1, 0.15) is 5.75 Å². The van der Waals surface area contributed by atoms with E-state index < -0.39 is 5.97 Å². The van der Waals surface area contributed by atoms with Crippen LogP contribution >= 0.6 is 0 Å². The first-order valence-corrected chi connectivity index (χ1v) is 6.73. The molecule has 0 spiro atoms. The standard InChI is InChI=1S/C16H20O3/c1-19-14-9-7-12(8-10-14)11-15(16(17)18)13-5-3-2-4-6-13/h3,5,7-10,13,15H,2,4,6,11H2,1H3,(H,17,18). The minimum atomic E-state index is -0.702. The minimum absolute atomic E-state index is 0.161. The highest BCUT2D eigenvalue weighted by atomic mass is 16.5. The number of rotatable bonds is 5. The monoisotopic (exact) mass is 260 g/mol. The second-order valence-electron chi connectivity index (χ2n) is 5.02. The summed E-state index contributed by atoms with van der Waals surface area (Å²) in [6, 6.07) is 7.65. The van der Waals surface area contributed by atoms with E-state index in [1.807, 2.05) is 24.3 Å². The first kappa shape index (κ1) is 13.7. The molecule has 102 valence electrons. The van der Waals surface area contributed by atoms with Crippen molar-refractivity contribution in [2.24, 2.45) is 11.8 Å². The van der Waals surface area contributed by atoms with Gasteiger partial charge in [-0.25, -0.2) is 0 Å². The third-order valence-electron chi connectivity index (χ3n) is 3.74. The van der Waals surface area contributed by atoms with Gasteiger partial charge in [-0.15, -0.1) is 0 Å². The number of aliphatic carboxylic acids is 1. The summed E-state index contributed by atoms with van der Waals surface area (Å²) >= 11 is 0. The maximum Gasteiger partial charge on any atom is 0.307 e. The molecule has 0 aliphatic heterocycles.